The van der Waals surface area contributed by atoms with E-state index in [1.165, 1.54) is 10.7 Å². The number of carbonyl (C=O) groups excluding carboxylic acids is 2. The standard InChI is InChI=1S/C24H22ClIN6O2/c1-13-5-4-8-28-21(13)32-18(11-19(25)31-32)23(34)29-20-14(2)9-16(26)10-17(20)22(33)30-24(3,12-27)15-6-7-15/h4-5,8-11,15H,6-7H2,1-3H3,(H,29,34)(H,30,33). The minimum absolute atomic E-state index is 0.126. The second-order valence-corrected chi connectivity index (χ2v) is 10.2. The first-order valence-electron chi connectivity index (χ1n) is 10.7. The lowest BCUT2D eigenvalue weighted by molar-refractivity contribution is 0.0918. The molecule has 2 aromatic heterocycles. The van der Waals surface area contributed by atoms with Crippen LogP contribution in [0.25, 0.3) is 5.82 Å². The van der Waals surface area contributed by atoms with Gasteiger partial charge in [0.15, 0.2) is 11.0 Å². The van der Waals surface area contributed by atoms with E-state index in [1.54, 1.807) is 25.3 Å². The van der Waals surface area contributed by atoms with Crippen LogP contribution < -0.4 is 10.6 Å². The van der Waals surface area contributed by atoms with Gasteiger partial charge in [-0.05, 0) is 91.4 Å². The van der Waals surface area contributed by atoms with Crippen molar-refractivity contribution >= 4 is 51.7 Å². The van der Waals surface area contributed by atoms with E-state index < -0.39 is 17.4 Å². The molecule has 0 aliphatic heterocycles. The highest BCUT2D eigenvalue weighted by atomic mass is 127. The molecule has 1 atom stereocenters. The molecule has 174 valence electrons. The molecule has 34 heavy (non-hydrogen) atoms. The summed E-state index contributed by atoms with van der Waals surface area (Å²) >= 11 is 8.26. The van der Waals surface area contributed by atoms with E-state index in [0.717, 1.165) is 22.0 Å². The van der Waals surface area contributed by atoms with E-state index in [9.17, 15) is 14.9 Å². The van der Waals surface area contributed by atoms with Gasteiger partial charge in [0.25, 0.3) is 11.8 Å². The van der Waals surface area contributed by atoms with Gasteiger partial charge in [-0.25, -0.2) is 9.67 Å². The molecule has 2 amide bonds. The summed E-state index contributed by atoms with van der Waals surface area (Å²) in [6.07, 6.45) is 3.41. The van der Waals surface area contributed by atoms with E-state index in [-0.39, 0.29) is 22.3 Å². The number of carbonyl (C=O) groups is 2. The van der Waals surface area contributed by atoms with Crippen molar-refractivity contribution in [3.8, 4) is 11.9 Å². The highest BCUT2D eigenvalue weighted by molar-refractivity contribution is 14.1. The first-order valence-corrected chi connectivity index (χ1v) is 12.1. The number of amides is 2. The number of anilines is 1. The molecule has 1 aliphatic carbocycles. The average molecular weight is 589 g/mol. The summed E-state index contributed by atoms with van der Waals surface area (Å²) in [6.45, 7) is 5.40. The van der Waals surface area contributed by atoms with Crippen molar-refractivity contribution < 1.29 is 9.59 Å². The summed E-state index contributed by atoms with van der Waals surface area (Å²) < 4.78 is 2.22. The topological polar surface area (TPSA) is 113 Å². The van der Waals surface area contributed by atoms with E-state index in [4.69, 9.17) is 11.6 Å². The smallest absolute Gasteiger partial charge is 0.274 e. The van der Waals surface area contributed by atoms with Crippen LogP contribution in [0.1, 0.15) is 51.7 Å². The van der Waals surface area contributed by atoms with Gasteiger partial charge in [0.2, 0.25) is 0 Å². The van der Waals surface area contributed by atoms with Gasteiger partial charge in [-0.1, -0.05) is 17.7 Å². The van der Waals surface area contributed by atoms with Crippen LogP contribution in [0.4, 0.5) is 5.69 Å². The predicted molar refractivity (Wildman–Crippen MR) is 137 cm³/mol. The van der Waals surface area contributed by atoms with E-state index in [1.807, 2.05) is 26.0 Å². The van der Waals surface area contributed by atoms with Gasteiger partial charge in [-0.3, -0.25) is 9.59 Å². The normalized spacial score (nSPS) is 14.7. The van der Waals surface area contributed by atoms with Gasteiger partial charge in [-0.15, -0.1) is 0 Å². The van der Waals surface area contributed by atoms with E-state index >= 15 is 0 Å². The molecule has 8 nitrogen and oxygen atoms in total. The Morgan fingerprint density at radius 3 is 2.62 bits per heavy atom. The van der Waals surface area contributed by atoms with Crippen LogP contribution in [0, 0.1) is 34.7 Å². The molecule has 3 aromatic rings. The number of nitrogens with one attached hydrogen (secondary N) is 2. The number of nitriles is 1. The fourth-order valence-corrected chi connectivity index (χ4v) is 4.78. The van der Waals surface area contributed by atoms with Gasteiger partial charge >= 0.3 is 0 Å². The predicted octanol–water partition coefficient (Wildman–Crippen LogP) is 4.82. The van der Waals surface area contributed by atoms with Crippen LogP contribution in [0.15, 0.2) is 36.5 Å². The number of pyridine rings is 1. The maximum Gasteiger partial charge on any atom is 0.274 e. The van der Waals surface area contributed by atoms with Gasteiger partial charge < -0.3 is 10.6 Å². The summed E-state index contributed by atoms with van der Waals surface area (Å²) in [5.74, 6) is -0.305. The largest absolute Gasteiger partial charge is 0.334 e. The number of hydrogen-bond acceptors (Lipinski definition) is 5. The van der Waals surface area contributed by atoms with Crippen molar-refractivity contribution in [2.24, 2.45) is 5.92 Å². The number of benzene rings is 1. The zero-order chi connectivity index (χ0) is 24.6. The van der Waals surface area contributed by atoms with Crippen molar-refractivity contribution in [3.05, 3.63) is 67.6 Å². The van der Waals surface area contributed by atoms with Crippen LogP contribution >= 0.6 is 34.2 Å². The van der Waals surface area contributed by atoms with Crippen LogP contribution in [0.2, 0.25) is 5.15 Å². The zero-order valence-electron chi connectivity index (χ0n) is 18.8. The highest BCUT2D eigenvalue weighted by Crippen LogP contribution is 2.39. The molecule has 0 saturated heterocycles. The SMILES string of the molecule is Cc1cccnc1-n1nc(Cl)cc1C(=O)Nc1c(C)cc(I)cc1C(=O)NC(C)(C#N)C1CC1. The summed E-state index contributed by atoms with van der Waals surface area (Å²) in [7, 11) is 0. The van der Waals surface area contributed by atoms with Crippen LogP contribution in [-0.2, 0) is 0 Å². The number of nitrogens with zero attached hydrogens (tertiary/aromatic N) is 4. The molecule has 1 saturated carbocycles. The zero-order valence-corrected chi connectivity index (χ0v) is 21.7. The third-order valence-electron chi connectivity index (χ3n) is 5.88. The lowest BCUT2D eigenvalue weighted by Crippen LogP contribution is -2.47. The maximum atomic E-state index is 13.4. The molecule has 2 heterocycles. The van der Waals surface area contributed by atoms with Gasteiger partial charge in [0, 0.05) is 15.8 Å². The molecular formula is C24H22ClIN6O2. The number of aryl methyl sites for hydroxylation is 2. The Morgan fingerprint density at radius 1 is 1.24 bits per heavy atom. The molecule has 1 aromatic carbocycles. The van der Waals surface area contributed by atoms with E-state index in [2.05, 4.69) is 49.4 Å². The van der Waals surface area contributed by atoms with Crippen molar-refractivity contribution in [2.75, 3.05) is 5.32 Å². The molecule has 1 aliphatic rings. The summed E-state index contributed by atoms with van der Waals surface area (Å²) in [5, 5.41) is 19.8. The molecule has 0 bridgehead atoms. The number of rotatable bonds is 6. The lowest BCUT2D eigenvalue weighted by atomic mass is 9.96. The molecule has 10 heteroatoms. The molecule has 0 spiro atoms. The molecular weight excluding hydrogens is 567 g/mol. The average Bonchev–Trinajstić information content (AvgIpc) is 3.58. The summed E-state index contributed by atoms with van der Waals surface area (Å²) in [5.41, 5.74) is 1.39. The number of halogens is 2. The molecule has 0 radical (unpaired) electrons. The highest BCUT2D eigenvalue weighted by Gasteiger charge is 2.43. The maximum absolute atomic E-state index is 13.4. The van der Waals surface area contributed by atoms with Crippen LogP contribution in [0.3, 0.4) is 0 Å². The number of hydrogen-bond donors (Lipinski definition) is 2. The van der Waals surface area contributed by atoms with Crippen molar-refractivity contribution in [3.63, 3.8) is 0 Å². The fourth-order valence-electron chi connectivity index (χ4n) is 3.83. The van der Waals surface area contributed by atoms with E-state index in [0.29, 0.717) is 17.1 Å². The number of aromatic nitrogens is 3. The third kappa shape index (κ3) is 4.79. The minimum atomic E-state index is -0.962. The van der Waals surface area contributed by atoms with Gasteiger partial charge in [-0.2, -0.15) is 10.4 Å². The monoisotopic (exact) mass is 588 g/mol. The molecule has 1 fully saturated rings. The van der Waals surface area contributed by atoms with Crippen LogP contribution in [0.5, 0.6) is 0 Å². The van der Waals surface area contributed by atoms with Crippen LogP contribution in [-0.4, -0.2) is 32.1 Å². The second-order valence-electron chi connectivity index (χ2n) is 8.55. The van der Waals surface area contributed by atoms with Crippen molar-refractivity contribution in [2.45, 2.75) is 39.2 Å². The molecule has 4 rings (SSSR count). The Morgan fingerprint density at radius 2 is 1.97 bits per heavy atom. The Labute approximate surface area is 215 Å². The second kappa shape index (κ2) is 9.35. The first kappa shape index (κ1) is 24.2. The Bertz CT molecular complexity index is 1340. The Balaban J connectivity index is 1.69. The third-order valence-corrected chi connectivity index (χ3v) is 6.68. The fraction of sp³-hybridized carbons (Fsp3) is 0.292. The Kier molecular flexibility index (Phi) is 6.64. The van der Waals surface area contributed by atoms with Crippen molar-refractivity contribution in [1.82, 2.24) is 20.1 Å². The lowest BCUT2D eigenvalue weighted by Gasteiger charge is -2.24. The molecule has 1 unspecified atom stereocenters. The quantitative estimate of drug-likeness (QED) is 0.401. The summed E-state index contributed by atoms with van der Waals surface area (Å²) in [4.78, 5) is 31.0. The molecule has 2 N–H and O–H groups in total. The van der Waals surface area contributed by atoms with Crippen molar-refractivity contribution in [1.29, 1.82) is 5.26 Å². The first-order chi connectivity index (χ1) is 16.1. The summed E-state index contributed by atoms with van der Waals surface area (Å²) in [6, 6.07) is 10.9. The van der Waals surface area contributed by atoms with Gasteiger partial charge in [0.1, 0.15) is 11.2 Å². The minimum Gasteiger partial charge on any atom is -0.334 e. The van der Waals surface area contributed by atoms with Gasteiger partial charge in [0.05, 0.1) is 17.3 Å². The Hall–Kier alpha value is -2.97.